The monoisotopic (exact) mass is 245 g/mol. The van der Waals surface area contributed by atoms with E-state index in [9.17, 15) is 9.59 Å². The lowest BCUT2D eigenvalue weighted by atomic mass is 9.95. The van der Waals surface area contributed by atoms with Crippen LogP contribution in [-0.4, -0.2) is 17.6 Å². The number of fused-ring (bicyclic) bond motifs is 1. The van der Waals surface area contributed by atoms with Crippen molar-refractivity contribution in [1.82, 2.24) is 0 Å². The zero-order valence-corrected chi connectivity index (χ0v) is 10.8. The molecule has 2 N–H and O–H groups in total. The van der Waals surface area contributed by atoms with E-state index in [1.165, 1.54) is 18.6 Å². The first-order chi connectivity index (χ1) is 8.56. The molecule has 0 aliphatic heterocycles. The van der Waals surface area contributed by atoms with Gasteiger partial charge in [0.2, 0.25) is 0 Å². The number of ketones is 2. The first-order valence-corrected chi connectivity index (χ1v) is 6.17. The minimum absolute atomic E-state index is 0.0924. The maximum atomic E-state index is 11.2. The van der Waals surface area contributed by atoms with E-state index >= 15 is 0 Å². The van der Waals surface area contributed by atoms with Crippen LogP contribution in [0.1, 0.15) is 47.4 Å². The first kappa shape index (κ1) is 14.3. The molecule has 0 aromatic heterocycles. The average Bonchev–Trinajstić information content (AvgIpc) is 2.35. The molecule has 1 atom stereocenters. The second-order valence-electron chi connectivity index (χ2n) is 4.37. The third kappa shape index (κ3) is 3.93. The number of nitrogens with two attached hydrogens (primary N) is 1. The molecule has 0 saturated carbocycles. The van der Waals surface area contributed by atoms with Gasteiger partial charge in [0.15, 0.2) is 11.6 Å². The lowest BCUT2D eigenvalue weighted by molar-refractivity contribution is 0.0994. The minimum Gasteiger partial charge on any atom is -0.328 e. The second kappa shape index (κ2) is 6.87. The standard InChI is InChI=1S/C10H6O2.C5H13N/c11-9-5-6-10(12)8-4-2-1-3-7(8)9;1-3-4-5(2)6/h1-6H;5H,3-4,6H2,1-2H3. The highest BCUT2D eigenvalue weighted by Crippen LogP contribution is 2.15. The van der Waals surface area contributed by atoms with Crippen LogP contribution in [0.2, 0.25) is 0 Å². The lowest BCUT2D eigenvalue weighted by Crippen LogP contribution is -2.13. The van der Waals surface area contributed by atoms with Crippen LogP contribution in [0, 0.1) is 0 Å². The number of allylic oxidation sites excluding steroid dienone is 2. The highest BCUT2D eigenvalue weighted by molar-refractivity contribution is 6.21. The van der Waals surface area contributed by atoms with Crippen molar-refractivity contribution in [3.8, 4) is 0 Å². The summed E-state index contributed by atoms with van der Waals surface area (Å²) in [5, 5.41) is 0. The molecule has 1 aliphatic carbocycles. The third-order valence-electron chi connectivity index (χ3n) is 2.59. The van der Waals surface area contributed by atoms with E-state index < -0.39 is 0 Å². The van der Waals surface area contributed by atoms with Crippen molar-refractivity contribution in [3.63, 3.8) is 0 Å². The number of rotatable bonds is 2. The Morgan fingerprint density at radius 1 is 1.06 bits per heavy atom. The van der Waals surface area contributed by atoms with Crippen molar-refractivity contribution in [2.45, 2.75) is 32.7 Å². The molecule has 1 aliphatic rings. The quantitative estimate of drug-likeness (QED) is 0.871. The number of hydrogen-bond donors (Lipinski definition) is 1. The van der Waals surface area contributed by atoms with Gasteiger partial charge in [-0.15, -0.1) is 0 Å². The summed E-state index contributed by atoms with van der Waals surface area (Å²) in [6.45, 7) is 4.17. The Bertz CT molecular complexity index is 424. The van der Waals surface area contributed by atoms with Crippen molar-refractivity contribution in [2.75, 3.05) is 0 Å². The summed E-state index contributed by atoms with van der Waals surface area (Å²) < 4.78 is 0. The van der Waals surface area contributed by atoms with Crippen LogP contribution in [0.4, 0.5) is 0 Å². The molecule has 1 unspecified atom stereocenters. The van der Waals surface area contributed by atoms with Gasteiger partial charge in [-0.25, -0.2) is 0 Å². The SMILES string of the molecule is CCCC(C)N.O=C1C=CC(=O)c2ccccc21. The summed E-state index contributed by atoms with van der Waals surface area (Å²) in [6, 6.07) is 7.24. The molecule has 18 heavy (non-hydrogen) atoms. The molecule has 0 amide bonds. The van der Waals surface area contributed by atoms with E-state index in [1.54, 1.807) is 24.3 Å². The fraction of sp³-hybridized carbons (Fsp3) is 0.333. The van der Waals surface area contributed by atoms with E-state index in [0.29, 0.717) is 17.2 Å². The molecule has 1 aromatic carbocycles. The number of hydrogen-bond acceptors (Lipinski definition) is 3. The molecule has 0 fully saturated rings. The summed E-state index contributed by atoms with van der Waals surface area (Å²) in [7, 11) is 0. The van der Waals surface area contributed by atoms with Crippen molar-refractivity contribution in [2.24, 2.45) is 5.73 Å². The molecular weight excluding hydrogens is 226 g/mol. The van der Waals surface area contributed by atoms with Gasteiger partial charge in [-0.05, 0) is 25.5 Å². The van der Waals surface area contributed by atoms with Gasteiger partial charge >= 0.3 is 0 Å². The summed E-state index contributed by atoms with van der Waals surface area (Å²) in [6.07, 6.45) is 4.98. The average molecular weight is 245 g/mol. The Kier molecular flexibility index (Phi) is 5.46. The third-order valence-corrected chi connectivity index (χ3v) is 2.59. The van der Waals surface area contributed by atoms with Crippen molar-refractivity contribution in [3.05, 3.63) is 47.5 Å². The molecule has 3 heteroatoms. The molecule has 0 heterocycles. The molecule has 3 nitrogen and oxygen atoms in total. The van der Waals surface area contributed by atoms with Crippen LogP contribution < -0.4 is 5.73 Å². The fourth-order valence-corrected chi connectivity index (χ4v) is 1.70. The Morgan fingerprint density at radius 3 is 1.78 bits per heavy atom. The van der Waals surface area contributed by atoms with Gasteiger partial charge in [-0.1, -0.05) is 37.6 Å². The summed E-state index contributed by atoms with van der Waals surface area (Å²) in [4.78, 5) is 22.4. The molecule has 1 aromatic rings. The van der Waals surface area contributed by atoms with Gasteiger partial charge in [0, 0.05) is 17.2 Å². The zero-order valence-electron chi connectivity index (χ0n) is 10.8. The normalized spacial score (nSPS) is 14.6. The van der Waals surface area contributed by atoms with Gasteiger partial charge in [0.1, 0.15) is 0 Å². The molecule has 2 rings (SSSR count). The Morgan fingerprint density at radius 2 is 1.50 bits per heavy atom. The summed E-state index contributed by atoms with van der Waals surface area (Å²) in [5.74, 6) is -0.185. The second-order valence-corrected chi connectivity index (χ2v) is 4.37. The van der Waals surface area contributed by atoms with E-state index in [0.717, 1.165) is 6.42 Å². The van der Waals surface area contributed by atoms with Gasteiger partial charge < -0.3 is 5.73 Å². The van der Waals surface area contributed by atoms with Crippen LogP contribution in [0.5, 0.6) is 0 Å². The van der Waals surface area contributed by atoms with E-state index in [2.05, 4.69) is 6.92 Å². The van der Waals surface area contributed by atoms with Crippen molar-refractivity contribution >= 4 is 11.6 Å². The van der Waals surface area contributed by atoms with Gasteiger partial charge in [0.05, 0.1) is 0 Å². The highest BCUT2D eigenvalue weighted by Gasteiger charge is 2.16. The summed E-state index contributed by atoms with van der Waals surface area (Å²) >= 11 is 0. The number of carbonyl (C=O) groups excluding carboxylic acids is 2. The van der Waals surface area contributed by atoms with Gasteiger partial charge in [-0.3, -0.25) is 9.59 Å². The molecule has 96 valence electrons. The van der Waals surface area contributed by atoms with E-state index in [1.807, 2.05) is 6.92 Å². The van der Waals surface area contributed by atoms with Crippen LogP contribution in [0.3, 0.4) is 0 Å². The molecule has 0 spiro atoms. The van der Waals surface area contributed by atoms with E-state index in [-0.39, 0.29) is 11.6 Å². The molecule has 0 bridgehead atoms. The Labute approximate surface area is 108 Å². The molecule has 0 radical (unpaired) electrons. The van der Waals surface area contributed by atoms with E-state index in [4.69, 9.17) is 5.73 Å². The smallest absolute Gasteiger partial charge is 0.186 e. The summed E-state index contributed by atoms with van der Waals surface area (Å²) in [5.41, 5.74) is 6.41. The number of benzene rings is 1. The fourth-order valence-electron chi connectivity index (χ4n) is 1.70. The van der Waals surface area contributed by atoms with Crippen molar-refractivity contribution in [1.29, 1.82) is 0 Å². The maximum Gasteiger partial charge on any atom is 0.186 e. The lowest BCUT2D eigenvalue weighted by Gasteiger charge is -2.06. The molecule has 0 saturated heterocycles. The van der Waals surface area contributed by atoms with Crippen LogP contribution >= 0.6 is 0 Å². The van der Waals surface area contributed by atoms with Gasteiger partial charge in [-0.2, -0.15) is 0 Å². The Balaban J connectivity index is 0.000000232. The first-order valence-electron chi connectivity index (χ1n) is 6.17. The van der Waals surface area contributed by atoms with Crippen LogP contribution in [0.25, 0.3) is 0 Å². The largest absolute Gasteiger partial charge is 0.328 e. The highest BCUT2D eigenvalue weighted by atomic mass is 16.1. The van der Waals surface area contributed by atoms with Crippen molar-refractivity contribution < 1.29 is 9.59 Å². The predicted molar refractivity (Wildman–Crippen MR) is 72.8 cm³/mol. The molecular formula is C15H19NO2. The predicted octanol–water partition coefficient (Wildman–Crippen LogP) is 2.76. The Hall–Kier alpha value is -1.74. The van der Waals surface area contributed by atoms with Crippen LogP contribution in [0.15, 0.2) is 36.4 Å². The number of carbonyl (C=O) groups is 2. The minimum atomic E-state index is -0.0924. The van der Waals surface area contributed by atoms with Gasteiger partial charge in [0.25, 0.3) is 0 Å². The zero-order chi connectivity index (χ0) is 13.5. The topological polar surface area (TPSA) is 60.2 Å². The maximum absolute atomic E-state index is 11.2. The van der Waals surface area contributed by atoms with Crippen LogP contribution in [-0.2, 0) is 0 Å².